The standard InChI is InChI=1S/C10H14BNO3/c12-10(9-4-2-1-3-5-9)8-15-11-13-6-7-14-11/h1-5,10H,6-8,12H2/t10-/m0/s1. The maximum absolute atomic E-state index is 5.94. The minimum absolute atomic E-state index is 0.140. The van der Waals surface area contributed by atoms with Gasteiger partial charge in [-0.3, -0.25) is 0 Å². The zero-order valence-corrected chi connectivity index (χ0v) is 8.46. The third-order valence-electron chi connectivity index (χ3n) is 2.23. The minimum atomic E-state index is -0.542. The van der Waals surface area contributed by atoms with E-state index < -0.39 is 7.32 Å². The van der Waals surface area contributed by atoms with Crippen molar-refractivity contribution in [3.05, 3.63) is 35.9 Å². The first-order chi connectivity index (χ1) is 7.36. The van der Waals surface area contributed by atoms with Gasteiger partial charge in [0.05, 0.1) is 25.9 Å². The Morgan fingerprint density at radius 1 is 1.27 bits per heavy atom. The summed E-state index contributed by atoms with van der Waals surface area (Å²) in [5.41, 5.74) is 6.99. The Morgan fingerprint density at radius 2 is 1.93 bits per heavy atom. The Kier molecular flexibility index (Phi) is 3.74. The first kappa shape index (κ1) is 10.6. The molecule has 2 N–H and O–H groups in total. The maximum Gasteiger partial charge on any atom is 0.639 e. The van der Waals surface area contributed by atoms with Crippen LogP contribution in [0.25, 0.3) is 0 Å². The van der Waals surface area contributed by atoms with Gasteiger partial charge in [0.1, 0.15) is 0 Å². The highest BCUT2D eigenvalue weighted by Gasteiger charge is 2.27. The van der Waals surface area contributed by atoms with Crippen LogP contribution in [-0.2, 0) is 14.0 Å². The van der Waals surface area contributed by atoms with Crippen LogP contribution in [0.3, 0.4) is 0 Å². The lowest BCUT2D eigenvalue weighted by molar-refractivity contribution is 0.168. The summed E-state index contributed by atoms with van der Waals surface area (Å²) in [5, 5.41) is 0. The first-order valence-electron chi connectivity index (χ1n) is 5.01. The van der Waals surface area contributed by atoms with Crippen molar-refractivity contribution in [3.63, 3.8) is 0 Å². The smallest absolute Gasteiger partial charge is 0.384 e. The summed E-state index contributed by atoms with van der Waals surface area (Å²) in [6.45, 7) is 1.57. The zero-order chi connectivity index (χ0) is 10.5. The largest absolute Gasteiger partial charge is 0.639 e. The Bertz CT molecular complexity index is 290. The number of benzene rings is 1. The third-order valence-corrected chi connectivity index (χ3v) is 2.23. The number of rotatable bonds is 4. The van der Waals surface area contributed by atoms with Gasteiger partial charge < -0.3 is 19.7 Å². The van der Waals surface area contributed by atoms with Gasteiger partial charge in [0.2, 0.25) is 0 Å². The summed E-state index contributed by atoms with van der Waals surface area (Å²) in [4.78, 5) is 0. The number of nitrogens with two attached hydrogens (primary N) is 1. The molecule has 0 aliphatic carbocycles. The second kappa shape index (κ2) is 5.28. The molecule has 0 aromatic heterocycles. The van der Waals surface area contributed by atoms with Gasteiger partial charge in [0.15, 0.2) is 0 Å². The van der Waals surface area contributed by atoms with Crippen LogP contribution in [0.1, 0.15) is 11.6 Å². The van der Waals surface area contributed by atoms with Crippen LogP contribution in [-0.4, -0.2) is 27.1 Å². The Hall–Kier alpha value is -0.875. The first-order valence-corrected chi connectivity index (χ1v) is 5.01. The van der Waals surface area contributed by atoms with Gasteiger partial charge in [-0.25, -0.2) is 0 Å². The molecule has 5 heteroatoms. The Morgan fingerprint density at radius 3 is 2.60 bits per heavy atom. The predicted octanol–water partition coefficient (Wildman–Crippen LogP) is 0.735. The van der Waals surface area contributed by atoms with Crippen molar-refractivity contribution in [3.8, 4) is 0 Å². The Balaban J connectivity index is 1.79. The second-order valence-electron chi connectivity index (χ2n) is 3.38. The van der Waals surface area contributed by atoms with Gasteiger partial charge >= 0.3 is 7.32 Å². The van der Waals surface area contributed by atoms with Crippen molar-refractivity contribution in [1.29, 1.82) is 0 Å². The van der Waals surface area contributed by atoms with E-state index in [0.29, 0.717) is 19.8 Å². The van der Waals surface area contributed by atoms with Gasteiger partial charge in [-0.1, -0.05) is 30.3 Å². The number of hydrogen-bond acceptors (Lipinski definition) is 4. The molecule has 15 heavy (non-hydrogen) atoms. The minimum Gasteiger partial charge on any atom is -0.384 e. The number of hydrogen-bond donors (Lipinski definition) is 1. The molecule has 0 saturated carbocycles. The molecule has 1 atom stereocenters. The van der Waals surface area contributed by atoms with Gasteiger partial charge in [0.25, 0.3) is 0 Å². The highest BCUT2D eigenvalue weighted by molar-refractivity contribution is 6.36. The summed E-state index contributed by atoms with van der Waals surface area (Å²) in [6.07, 6.45) is 0. The third kappa shape index (κ3) is 3.04. The molecule has 80 valence electrons. The van der Waals surface area contributed by atoms with Crippen LogP contribution in [0.15, 0.2) is 30.3 Å². The van der Waals surface area contributed by atoms with Gasteiger partial charge in [-0.05, 0) is 5.56 Å². The second-order valence-corrected chi connectivity index (χ2v) is 3.38. The molecule has 0 unspecified atom stereocenters. The topological polar surface area (TPSA) is 53.7 Å². The highest BCUT2D eigenvalue weighted by Crippen LogP contribution is 2.11. The molecule has 0 bridgehead atoms. The average molecular weight is 207 g/mol. The molecule has 1 aliphatic heterocycles. The summed E-state index contributed by atoms with van der Waals surface area (Å²) >= 11 is 0. The molecule has 0 radical (unpaired) electrons. The fourth-order valence-corrected chi connectivity index (χ4v) is 1.41. The van der Waals surface area contributed by atoms with E-state index in [0.717, 1.165) is 5.56 Å². The van der Waals surface area contributed by atoms with Gasteiger partial charge in [-0.15, -0.1) is 0 Å². The summed E-state index contributed by atoms with van der Waals surface area (Å²) < 4.78 is 15.6. The lowest BCUT2D eigenvalue weighted by Crippen LogP contribution is -2.26. The fraction of sp³-hybridized carbons (Fsp3) is 0.400. The van der Waals surface area contributed by atoms with E-state index in [2.05, 4.69) is 0 Å². The molecule has 0 spiro atoms. The van der Waals surface area contributed by atoms with Crippen molar-refractivity contribution in [1.82, 2.24) is 0 Å². The van der Waals surface area contributed by atoms with Crippen LogP contribution in [0.2, 0.25) is 0 Å². The van der Waals surface area contributed by atoms with Crippen molar-refractivity contribution in [2.24, 2.45) is 5.73 Å². The maximum atomic E-state index is 5.94. The van der Waals surface area contributed by atoms with E-state index in [9.17, 15) is 0 Å². The molecular formula is C10H14BNO3. The molecule has 1 fully saturated rings. The highest BCUT2D eigenvalue weighted by atomic mass is 16.8. The van der Waals surface area contributed by atoms with Crippen LogP contribution < -0.4 is 5.73 Å². The molecule has 1 saturated heterocycles. The SMILES string of the molecule is N[C@@H](COB1OCCO1)c1ccccc1. The molecule has 1 heterocycles. The monoisotopic (exact) mass is 207 g/mol. The lowest BCUT2D eigenvalue weighted by Gasteiger charge is -2.13. The van der Waals surface area contributed by atoms with E-state index in [1.807, 2.05) is 30.3 Å². The van der Waals surface area contributed by atoms with Gasteiger partial charge in [0, 0.05) is 0 Å². The summed E-state index contributed by atoms with van der Waals surface area (Å²) in [6, 6.07) is 9.68. The van der Waals surface area contributed by atoms with Crippen molar-refractivity contribution >= 4 is 7.32 Å². The quantitative estimate of drug-likeness (QED) is 0.739. The van der Waals surface area contributed by atoms with Crippen LogP contribution in [0.4, 0.5) is 0 Å². The van der Waals surface area contributed by atoms with E-state index in [4.69, 9.17) is 19.7 Å². The van der Waals surface area contributed by atoms with Crippen LogP contribution in [0.5, 0.6) is 0 Å². The van der Waals surface area contributed by atoms with E-state index >= 15 is 0 Å². The van der Waals surface area contributed by atoms with Crippen molar-refractivity contribution in [2.75, 3.05) is 19.8 Å². The summed E-state index contributed by atoms with van der Waals surface area (Å²) in [5.74, 6) is 0. The Labute approximate surface area is 89.5 Å². The summed E-state index contributed by atoms with van der Waals surface area (Å²) in [7, 11) is -0.542. The van der Waals surface area contributed by atoms with Crippen molar-refractivity contribution < 1.29 is 14.0 Å². The lowest BCUT2D eigenvalue weighted by atomic mass is 10.1. The normalized spacial score (nSPS) is 18.1. The molecule has 2 rings (SSSR count). The molecule has 1 aromatic carbocycles. The molecular weight excluding hydrogens is 193 g/mol. The fourth-order valence-electron chi connectivity index (χ4n) is 1.41. The van der Waals surface area contributed by atoms with Crippen LogP contribution in [0, 0.1) is 0 Å². The van der Waals surface area contributed by atoms with Gasteiger partial charge in [-0.2, -0.15) is 0 Å². The molecule has 1 aromatic rings. The predicted molar refractivity (Wildman–Crippen MR) is 57.0 cm³/mol. The van der Waals surface area contributed by atoms with E-state index in [1.165, 1.54) is 0 Å². The van der Waals surface area contributed by atoms with Crippen LogP contribution >= 0.6 is 0 Å². The molecule has 4 nitrogen and oxygen atoms in total. The van der Waals surface area contributed by atoms with E-state index in [1.54, 1.807) is 0 Å². The average Bonchev–Trinajstić information content (AvgIpc) is 2.80. The zero-order valence-electron chi connectivity index (χ0n) is 8.46. The molecule has 1 aliphatic rings. The van der Waals surface area contributed by atoms with E-state index in [-0.39, 0.29) is 6.04 Å². The van der Waals surface area contributed by atoms with Crippen molar-refractivity contribution in [2.45, 2.75) is 6.04 Å². The molecule has 0 amide bonds.